The molecule has 116 valence electrons. The maximum absolute atomic E-state index is 3.60. The predicted molar refractivity (Wildman–Crippen MR) is 92.6 cm³/mol. The van der Waals surface area contributed by atoms with Crippen LogP contribution in [-0.2, 0) is 0 Å². The molecule has 0 heterocycles. The summed E-state index contributed by atoms with van der Waals surface area (Å²) in [4.78, 5) is 0. The Morgan fingerprint density at radius 2 is 1.70 bits per heavy atom. The van der Waals surface area contributed by atoms with E-state index in [1.807, 2.05) is 0 Å². The van der Waals surface area contributed by atoms with Crippen molar-refractivity contribution in [2.45, 2.75) is 75.2 Å². The van der Waals surface area contributed by atoms with E-state index in [9.17, 15) is 0 Å². The summed E-state index contributed by atoms with van der Waals surface area (Å²) >= 11 is 0. The van der Waals surface area contributed by atoms with E-state index in [2.05, 4.69) is 79.8 Å². The lowest BCUT2D eigenvalue weighted by Crippen LogP contribution is -2.17. The van der Waals surface area contributed by atoms with Gasteiger partial charge in [-0.15, -0.1) is 0 Å². The quantitative estimate of drug-likeness (QED) is 0.570. The van der Waals surface area contributed by atoms with Crippen LogP contribution in [0.5, 0.6) is 0 Å². The first-order chi connectivity index (χ1) is 9.17. The molecule has 0 saturated carbocycles. The van der Waals surface area contributed by atoms with Crippen molar-refractivity contribution in [3.63, 3.8) is 0 Å². The van der Waals surface area contributed by atoms with Gasteiger partial charge in [0, 0.05) is 11.4 Å². The van der Waals surface area contributed by atoms with Crippen LogP contribution in [0.1, 0.15) is 75.2 Å². The van der Waals surface area contributed by atoms with Crippen LogP contribution in [0, 0.1) is 11.3 Å². The van der Waals surface area contributed by atoms with E-state index in [4.69, 9.17) is 0 Å². The highest BCUT2D eigenvalue weighted by Crippen LogP contribution is 2.28. The van der Waals surface area contributed by atoms with Gasteiger partial charge in [-0.25, -0.2) is 0 Å². The van der Waals surface area contributed by atoms with Gasteiger partial charge in [0.25, 0.3) is 0 Å². The fourth-order valence-corrected chi connectivity index (χ4v) is 1.98. The molecule has 1 N–H and O–H groups in total. The Hall–Kier alpha value is -0.980. The molecular formula is C19H35N. The summed E-state index contributed by atoms with van der Waals surface area (Å²) in [6.07, 6.45) is 6.76. The van der Waals surface area contributed by atoms with Gasteiger partial charge in [-0.3, -0.25) is 0 Å². The first-order valence-electron chi connectivity index (χ1n) is 7.99. The van der Waals surface area contributed by atoms with Crippen molar-refractivity contribution >= 4 is 0 Å². The summed E-state index contributed by atoms with van der Waals surface area (Å²) in [5, 5.41) is 3.60. The van der Waals surface area contributed by atoms with Gasteiger partial charge in [-0.2, -0.15) is 0 Å². The lowest BCUT2D eigenvalue weighted by Gasteiger charge is -2.24. The Balaban J connectivity index is 5.77. The van der Waals surface area contributed by atoms with Gasteiger partial charge in [0.2, 0.25) is 0 Å². The molecule has 0 aromatic rings. The van der Waals surface area contributed by atoms with Crippen LogP contribution >= 0.6 is 0 Å². The Morgan fingerprint density at radius 1 is 1.15 bits per heavy atom. The Bertz CT molecular complexity index is 388. The van der Waals surface area contributed by atoms with Gasteiger partial charge >= 0.3 is 0 Å². The molecule has 0 amide bonds. The van der Waals surface area contributed by atoms with Crippen LogP contribution in [0.15, 0.2) is 34.7 Å². The van der Waals surface area contributed by atoms with Crippen LogP contribution < -0.4 is 5.32 Å². The third-order valence-electron chi connectivity index (χ3n) is 4.24. The van der Waals surface area contributed by atoms with Gasteiger partial charge in [0.15, 0.2) is 0 Å². The second-order valence-electron chi connectivity index (χ2n) is 6.78. The molecule has 1 heteroatoms. The molecule has 0 aromatic heterocycles. The van der Waals surface area contributed by atoms with Crippen molar-refractivity contribution in [2.75, 3.05) is 0 Å². The summed E-state index contributed by atoms with van der Waals surface area (Å²) in [6, 6.07) is 0. The van der Waals surface area contributed by atoms with Crippen LogP contribution in [0.3, 0.4) is 0 Å². The van der Waals surface area contributed by atoms with E-state index in [0.717, 1.165) is 6.42 Å². The van der Waals surface area contributed by atoms with Crippen molar-refractivity contribution in [1.29, 1.82) is 0 Å². The SMILES string of the molecule is C/C=C(/C)NC(/C=C(\C)C(C)(C)C)=C(\CC)C(C)CC. The van der Waals surface area contributed by atoms with Crippen molar-refractivity contribution in [3.05, 3.63) is 34.7 Å². The van der Waals surface area contributed by atoms with Crippen LogP contribution in [-0.4, -0.2) is 0 Å². The molecule has 20 heavy (non-hydrogen) atoms. The number of rotatable bonds is 6. The van der Waals surface area contributed by atoms with E-state index in [1.54, 1.807) is 0 Å². The predicted octanol–water partition coefficient (Wildman–Crippen LogP) is 6.20. The maximum atomic E-state index is 3.60. The Labute approximate surface area is 127 Å². The molecule has 0 rings (SSSR count). The van der Waals surface area contributed by atoms with Crippen LogP contribution in [0.4, 0.5) is 0 Å². The molecule has 0 aromatic carbocycles. The summed E-state index contributed by atoms with van der Waals surface area (Å²) in [6.45, 7) is 20.1. The number of nitrogens with one attached hydrogen (secondary N) is 1. The molecule has 0 aliphatic rings. The number of allylic oxidation sites excluding steroid dienone is 5. The highest BCUT2D eigenvalue weighted by Gasteiger charge is 2.15. The summed E-state index contributed by atoms with van der Waals surface area (Å²) in [7, 11) is 0. The monoisotopic (exact) mass is 277 g/mol. The van der Waals surface area contributed by atoms with Crippen molar-refractivity contribution in [3.8, 4) is 0 Å². The molecule has 0 aliphatic carbocycles. The zero-order chi connectivity index (χ0) is 15.9. The van der Waals surface area contributed by atoms with Gasteiger partial charge in [-0.1, -0.05) is 53.2 Å². The lowest BCUT2D eigenvalue weighted by atomic mass is 9.85. The largest absolute Gasteiger partial charge is 0.360 e. The van der Waals surface area contributed by atoms with Gasteiger partial charge < -0.3 is 5.32 Å². The molecule has 1 unspecified atom stereocenters. The summed E-state index contributed by atoms with van der Waals surface area (Å²) in [5.41, 5.74) is 5.66. The third kappa shape index (κ3) is 5.98. The molecule has 0 fully saturated rings. The number of hydrogen-bond acceptors (Lipinski definition) is 1. The fourth-order valence-electron chi connectivity index (χ4n) is 1.98. The van der Waals surface area contributed by atoms with E-state index in [1.165, 1.54) is 29.0 Å². The van der Waals surface area contributed by atoms with E-state index < -0.39 is 0 Å². The van der Waals surface area contributed by atoms with Crippen molar-refractivity contribution < 1.29 is 0 Å². The topological polar surface area (TPSA) is 12.0 Å². The Morgan fingerprint density at radius 3 is 2.05 bits per heavy atom. The lowest BCUT2D eigenvalue weighted by molar-refractivity contribution is 0.502. The summed E-state index contributed by atoms with van der Waals surface area (Å²) < 4.78 is 0. The summed E-state index contributed by atoms with van der Waals surface area (Å²) in [5.74, 6) is 0.621. The average Bonchev–Trinajstić information content (AvgIpc) is 2.37. The second-order valence-corrected chi connectivity index (χ2v) is 6.78. The molecule has 0 radical (unpaired) electrons. The van der Waals surface area contributed by atoms with E-state index in [0.29, 0.717) is 5.92 Å². The first-order valence-corrected chi connectivity index (χ1v) is 7.99. The van der Waals surface area contributed by atoms with E-state index in [-0.39, 0.29) is 5.41 Å². The van der Waals surface area contributed by atoms with Gasteiger partial charge in [0.1, 0.15) is 0 Å². The number of hydrogen-bond donors (Lipinski definition) is 1. The smallest absolute Gasteiger partial charge is 0.0375 e. The van der Waals surface area contributed by atoms with Crippen molar-refractivity contribution in [1.82, 2.24) is 5.32 Å². The molecule has 0 spiro atoms. The Kier molecular flexibility index (Phi) is 7.93. The van der Waals surface area contributed by atoms with E-state index >= 15 is 0 Å². The minimum absolute atomic E-state index is 0.213. The highest BCUT2D eigenvalue weighted by molar-refractivity contribution is 5.32. The highest BCUT2D eigenvalue weighted by atomic mass is 14.9. The maximum Gasteiger partial charge on any atom is 0.0375 e. The van der Waals surface area contributed by atoms with Gasteiger partial charge in [-0.05, 0) is 56.6 Å². The average molecular weight is 277 g/mol. The minimum atomic E-state index is 0.213. The third-order valence-corrected chi connectivity index (χ3v) is 4.24. The van der Waals surface area contributed by atoms with Crippen molar-refractivity contribution in [2.24, 2.45) is 11.3 Å². The second kappa shape index (κ2) is 8.34. The van der Waals surface area contributed by atoms with Gasteiger partial charge in [0.05, 0.1) is 0 Å². The molecule has 1 nitrogen and oxygen atoms in total. The molecule has 0 saturated heterocycles. The standard InChI is InChI=1S/C19H35N/c1-10-14(4)17(12-3)18(20-16(6)11-2)13-15(5)19(7,8)9/h11,13-14,20H,10,12H2,1-9H3/b15-13+,16-11-,18-17+. The first kappa shape index (κ1) is 19.0. The minimum Gasteiger partial charge on any atom is -0.360 e. The normalized spacial score (nSPS) is 16.9. The van der Waals surface area contributed by atoms with Crippen LogP contribution in [0.2, 0.25) is 0 Å². The molecule has 0 bridgehead atoms. The fraction of sp³-hybridized carbons (Fsp3) is 0.684. The molecule has 1 atom stereocenters. The molecular weight excluding hydrogens is 242 g/mol. The zero-order valence-corrected chi connectivity index (χ0v) is 15.1. The molecule has 0 aliphatic heterocycles. The van der Waals surface area contributed by atoms with Crippen LogP contribution in [0.25, 0.3) is 0 Å². The zero-order valence-electron chi connectivity index (χ0n) is 15.1.